The van der Waals surface area contributed by atoms with Crippen molar-refractivity contribution in [1.29, 1.82) is 0 Å². The molecule has 0 radical (unpaired) electrons. The molecule has 2 rings (SSSR count). The van der Waals surface area contributed by atoms with Crippen molar-refractivity contribution in [3.63, 3.8) is 0 Å². The van der Waals surface area contributed by atoms with Crippen molar-refractivity contribution >= 4 is 41.2 Å². The fourth-order valence-corrected chi connectivity index (χ4v) is 2.71. The molecule has 2 amide bonds. The fourth-order valence-electron chi connectivity index (χ4n) is 2.58. The number of phenols is 1. The van der Waals surface area contributed by atoms with Crippen LogP contribution in [0.2, 0.25) is 5.15 Å². The number of ether oxygens (including phenoxy) is 1. The van der Waals surface area contributed by atoms with Gasteiger partial charge in [0.15, 0.2) is 22.5 Å². The lowest BCUT2D eigenvalue weighted by atomic mass is 10.1. The number of aromatic hydroxyl groups is 1. The molecular formula is C21H28ClN7O4. The highest BCUT2D eigenvalue weighted by Crippen LogP contribution is 2.17. The van der Waals surface area contributed by atoms with Crippen LogP contribution in [0.5, 0.6) is 5.75 Å². The van der Waals surface area contributed by atoms with Crippen LogP contribution in [0.25, 0.3) is 0 Å². The van der Waals surface area contributed by atoms with E-state index in [9.17, 15) is 14.7 Å². The second-order valence-electron chi connectivity index (χ2n) is 8.07. The highest BCUT2D eigenvalue weighted by atomic mass is 35.5. The van der Waals surface area contributed by atoms with Crippen molar-refractivity contribution in [1.82, 2.24) is 20.6 Å². The lowest BCUT2D eigenvalue weighted by Gasteiger charge is -2.20. The molecule has 0 fully saturated rings. The summed E-state index contributed by atoms with van der Waals surface area (Å²) < 4.78 is 5.22. The molecule has 0 bridgehead atoms. The zero-order valence-electron chi connectivity index (χ0n) is 18.7. The van der Waals surface area contributed by atoms with Gasteiger partial charge in [-0.15, -0.1) is 0 Å². The molecule has 0 spiro atoms. The number of phenolic OH excluding ortho intramolecular Hbond substituents is 1. The zero-order valence-corrected chi connectivity index (χ0v) is 19.4. The maximum atomic E-state index is 12.6. The van der Waals surface area contributed by atoms with Gasteiger partial charge < -0.3 is 21.3 Å². The molecule has 0 aliphatic carbocycles. The molecule has 1 aromatic carbocycles. The number of hydrogen-bond acceptors (Lipinski definition) is 9. The van der Waals surface area contributed by atoms with Crippen LogP contribution in [0.1, 0.15) is 49.7 Å². The zero-order chi connectivity index (χ0) is 24.6. The van der Waals surface area contributed by atoms with E-state index in [1.54, 1.807) is 32.9 Å². The van der Waals surface area contributed by atoms with E-state index in [2.05, 4.69) is 25.6 Å². The number of aryl methyl sites for hydroxylation is 1. The van der Waals surface area contributed by atoms with Crippen molar-refractivity contribution in [3.05, 3.63) is 40.7 Å². The molecule has 178 valence electrons. The number of guanidine groups is 1. The number of halogens is 1. The quantitative estimate of drug-likeness (QED) is 0.239. The Balaban J connectivity index is 2.05. The first-order valence-corrected chi connectivity index (χ1v) is 10.5. The van der Waals surface area contributed by atoms with Gasteiger partial charge in [-0.25, -0.2) is 14.8 Å². The SMILES string of the molecule is CC(C)(C)OC(=O)NC(=NCCCCc1ccc(O)cc1)NC(=O)c1nc(Cl)c(N)nc1N. The molecule has 0 unspecified atom stereocenters. The van der Waals surface area contributed by atoms with Gasteiger partial charge >= 0.3 is 6.09 Å². The summed E-state index contributed by atoms with van der Waals surface area (Å²) in [6.45, 7) is 5.43. The number of benzene rings is 1. The minimum absolute atomic E-state index is 0.111. The highest BCUT2D eigenvalue weighted by Gasteiger charge is 2.21. The number of nitrogens with two attached hydrogens (primary N) is 2. The van der Waals surface area contributed by atoms with Crippen LogP contribution in [-0.2, 0) is 11.2 Å². The second kappa shape index (κ2) is 11.3. The number of aliphatic imine (C=N–C) groups is 1. The number of nitrogens with one attached hydrogen (secondary N) is 2. The average Bonchev–Trinajstić information content (AvgIpc) is 2.70. The maximum Gasteiger partial charge on any atom is 0.414 e. The summed E-state index contributed by atoms with van der Waals surface area (Å²) >= 11 is 5.83. The summed E-state index contributed by atoms with van der Waals surface area (Å²) in [5, 5.41) is 14.0. The molecule has 2 aromatic rings. The number of carbonyl (C=O) groups excluding carboxylic acids is 2. The molecule has 0 aliphatic heterocycles. The number of nitrogens with zero attached hydrogens (tertiary/aromatic N) is 3. The minimum Gasteiger partial charge on any atom is -0.508 e. The summed E-state index contributed by atoms with van der Waals surface area (Å²) in [5.41, 5.74) is 11.3. The van der Waals surface area contributed by atoms with Crippen LogP contribution in [0.15, 0.2) is 29.3 Å². The van der Waals surface area contributed by atoms with Gasteiger partial charge in [-0.3, -0.25) is 20.4 Å². The van der Waals surface area contributed by atoms with Crippen molar-refractivity contribution in [3.8, 4) is 5.75 Å². The largest absolute Gasteiger partial charge is 0.508 e. The van der Waals surface area contributed by atoms with Gasteiger partial charge in [-0.1, -0.05) is 23.7 Å². The molecule has 0 saturated carbocycles. The lowest BCUT2D eigenvalue weighted by molar-refractivity contribution is 0.0561. The number of nitrogen functional groups attached to an aromatic ring is 2. The molecule has 11 nitrogen and oxygen atoms in total. The standard InChI is InChI=1S/C21H28ClN7O4/c1-21(2,3)33-20(32)29-19(25-11-5-4-6-12-7-9-13(30)10-8-12)28-18(31)14-16(23)27-17(24)15(22)26-14/h7-10,30H,4-6,11H2,1-3H3,(H4,23,24,27)(H2,25,28,29,31,32). The van der Waals surface area contributed by atoms with E-state index in [1.165, 1.54) is 0 Å². The monoisotopic (exact) mass is 477 g/mol. The molecular weight excluding hydrogens is 450 g/mol. The Bertz CT molecular complexity index is 1020. The molecule has 0 aliphatic rings. The van der Waals surface area contributed by atoms with Crippen LogP contribution in [0.4, 0.5) is 16.4 Å². The number of unbranched alkanes of at least 4 members (excludes halogenated alkanes) is 1. The normalized spacial score (nSPS) is 11.7. The van der Waals surface area contributed by atoms with E-state index in [0.717, 1.165) is 18.4 Å². The van der Waals surface area contributed by atoms with Crippen LogP contribution >= 0.6 is 11.6 Å². The van der Waals surface area contributed by atoms with Gasteiger partial charge in [0, 0.05) is 6.54 Å². The summed E-state index contributed by atoms with van der Waals surface area (Å²) in [5.74, 6) is -1.03. The van der Waals surface area contributed by atoms with E-state index < -0.39 is 17.6 Å². The Morgan fingerprint density at radius 1 is 1.09 bits per heavy atom. The third-order valence-corrected chi connectivity index (χ3v) is 4.33. The molecule has 1 heterocycles. The van der Waals surface area contributed by atoms with Crippen LogP contribution < -0.4 is 22.1 Å². The van der Waals surface area contributed by atoms with E-state index >= 15 is 0 Å². The van der Waals surface area contributed by atoms with E-state index in [0.29, 0.717) is 13.0 Å². The van der Waals surface area contributed by atoms with E-state index in [4.69, 9.17) is 27.8 Å². The van der Waals surface area contributed by atoms with Crippen molar-refractivity contribution in [2.45, 2.75) is 45.6 Å². The van der Waals surface area contributed by atoms with Gasteiger partial charge in [-0.2, -0.15) is 0 Å². The van der Waals surface area contributed by atoms with Gasteiger partial charge in [0.1, 0.15) is 11.4 Å². The number of amides is 2. The Kier molecular flexibility index (Phi) is 8.80. The Labute approximate surface area is 196 Å². The number of hydrogen-bond donors (Lipinski definition) is 5. The first-order valence-electron chi connectivity index (χ1n) is 10.2. The van der Waals surface area contributed by atoms with Crippen LogP contribution in [0.3, 0.4) is 0 Å². The summed E-state index contributed by atoms with van der Waals surface area (Å²) in [7, 11) is 0. The molecule has 1 aromatic heterocycles. The summed E-state index contributed by atoms with van der Waals surface area (Å²) in [6, 6.07) is 6.95. The van der Waals surface area contributed by atoms with E-state index in [1.807, 2.05) is 12.1 Å². The molecule has 0 saturated heterocycles. The van der Waals surface area contributed by atoms with Gasteiger partial charge in [-0.05, 0) is 57.7 Å². The number of aromatic nitrogens is 2. The summed E-state index contributed by atoms with van der Waals surface area (Å²) in [4.78, 5) is 36.7. The smallest absolute Gasteiger partial charge is 0.414 e. The molecule has 33 heavy (non-hydrogen) atoms. The maximum absolute atomic E-state index is 12.6. The first kappa shape index (κ1) is 25.7. The fraction of sp³-hybridized carbons (Fsp3) is 0.381. The Morgan fingerprint density at radius 3 is 2.39 bits per heavy atom. The number of carbonyl (C=O) groups is 2. The van der Waals surface area contributed by atoms with Gasteiger partial charge in [0.2, 0.25) is 5.96 Å². The average molecular weight is 478 g/mol. The first-order chi connectivity index (χ1) is 15.4. The minimum atomic E-state index is -0.792. The molecule has 7 N–H and O–H groups in total. The predicted octanol–water partition coefficient (Wildman–Crippen LogP) is 2.63. The predicted molar refractivity (Wildman–Crippen MR) is 126 cm³/mol. The topological polar surface area (TPSA) is 178 Å². The third kappa shape index (κ3) is 8.81. The number of alkyl carbamates (subject to hydrolysis) is 1. The number of rotatable bonds is 6. The molecule has 0 atom stereocenters. The molecule has 12 heteroatoms. The second-order valence-corrected chi connectivity index (χ2v) is 8.43. The van der Waals surface area contributed by atoms with Crippen LogP contribution in [0, 0.1) is 0 Å². The Morgan fingerprint density at radius 2 is 1.76 bits per heavy atom. The number of anilines is 2. The Hall–Kier alpha value is -3.60. The highest BCUT2D eigenvalue weighted by molar-refractivity contribution is 6.31. The van der Waals surface area contributed by atoms with Gasteiger partial charge in [0.05, 0.1) is 0 Å². The van der Waals surface area contributed by atoms with E-state index in [-0.39, 0.29) is 34.2 Å². The van der Waals surface area contributed by atoms with Gasteiger partial charge in [0.25, 0.3) is 5.91 Å². The van der Waals surface area contributed by atoms with Crippen LogP contribution in [-0.4, -0.2) is 45.2 Å². The summed E-state index contributed by atoms with van der Waals surface area (Å²) in [6.07, 6.45) is 1.47. The lowest BCUT2D eigenvalue weighted by Crippen LogP contribution is -2.46. The van der Waals surface area contributed by atoms with Crippen molar-refractivity contribution in [2.75, 3.05) is 18.0 Å². The van der Waals surface area contributed by atoms with Crippen molar-refractivity contribution in [2.24, 2.45) is 4.99 Å². The van der Waals surface area contributed by atoms with Crippen molar-refractivity contribution < 1.29 is 19.4 Å². The third-order valence-electron chi connectivity index (χ3n) is 4.05.